The van der Waals surface area contributed by atoms with Crippen LogP contribution < -0.4 is 4.74 Å². The van der Waals surface area contributed by atoms with E-state index in [1.807, 2.05) is 19.1 Å². The lowest BCUT2D eigenvalue weighted by molar-refractivity contribution is -0.141. The lowest BCUT2D eigenvalue weighted by Gasteiger charge is -2.31. The molecule has 1 fully saturated rings. The number of hydrogen-bond donors (Lipinski definition) is 1. The molecule has 0 bridgehead atoms. The van der Waals surface area contributed by atoms with Crippen LogP contribution in [0.2, 0.25) is 0 Å². The summed E-state index contributed by atoms with van der Waals surface area (Å²) in [5.74, 6) is -0.380. The number of hydrogen-bond acceptors (Lipinski definition) is 5. The van der Waals surface area contributed by atoms with Crippen molar-refractivity contribution in [2.24, 2.45) is 0 Å². The quantitative estimate of drug-likeness (QED) is 0.921. The third-order valence-corrected chi connectivity index (χ3v) is 4.17. The maximum Gasteiger partial charge on any atom is 0.306 e. The van der Waals surface area contributed by atoms with Crippen LogP contribution in [0.15, 0.2) is 22.6 Å². The number of rotatable bonds is 4. The van der Waals surface area contributed by atoms with E-state index in [-0.39, 0.29) is 24.6 Å². The molecule has 7 heteroatoms. The predicted molar refractivity (Wildman–Crippen MR) is 85.4 cm³/mol. The number of furan rings is 1. The van der Waals surface area contributed by atoms with Gasteiger partial charge in [-0.2, -0.15) is 0 Å². The highest BCUT2D eigenvalue weighted by Crippen LogP contribution is 2.33. The van der Waals surface area contributed by atoms with E-state index in [1.165, 1.54) is 0 Å². The standard InChI is InChI=1S/C17H19NO6/c1-10-12-4-3-5-13(22-2)16(12)24-15(10)17(21)18-6-7-23-11(9-18)8-14(19)20/h3-5,11H,6-9H2,1-2H3,(H,19,20)/t11-/m1/s1. The number of morpholine rings is 1. The number of carbonyl (C=O) groups excluding carboxylic acids is 1. The molecular formula is C17H19NO6. The third-order valence-electron chi connectivity index (χ3n) is 4.17. The molecule has 1 aliphatic rings. The van der Waals surface area contributed by atoms with Gasteiger partial charge in [0.05, 0.1) is 26.2 Å². The number of ether oxygens (including phenoxy) is 2. The lowest BCUT2D eigenvalue weighted by Crippen LogP contribution is -2.46. The van der Waals surface area contributed by atoms with Crippen LogP contribution in [0, 0.1) is 6.92 Å². The van der Waals surface area contributed by atoms with Crippen LogP contribution in [-0.2, 0) is 9.53 Å². The van der Waals surface area contributed by atoms with Crippen LogP contribution in [0.3, 0.4) is 0 Å². The molecule has 24 heavy (non-hydrogen) atoms. The molecule has 0 aliphatic carbocycles. The number of amides is 1. The Hall–Kier alpha value is -2.54. The summed E-state index contributed by atoms with van der Waals surface area (Å²) in [5, 5.41) is 9.72. The number of fused-ring (bicyclic) bond motifs is 1. The Morgan fingerprint density at radius 1 is 1.42 bits per heavy atom. The van der Waals surface area contributed by atoms with Gasteiger partial charge in [0.25, 0.3) is 5.91 Å². The van der Waals surface area contributed by atoms with E-state index in [9.17, 15) is 9.59 Å². The third kappa shape index (κ3) is 2.94. The number of carbonyl (C=O) groups is 2. The average molecular weight is 333 g/mol. The molecule has 1 aliphatic heterocycles. The van der Waals surface area contributed by atoms with E-state index in [1.54, 1.807) is 18.1 Å². The first kappa shape index (κ1) is 16.3. The molecule has 0 spiro atoms. The van der Waals surface area contributed by atoms with Crippen molar-refractivity contribution in [3.63, 3.8) is 0 Å². The van der Waals surface area contributed by atoms with Crippen molar-refractivity contribution in [3.05, 3.63) is 29.5 Å². The molecule has 1 aromatic heterocycles. The van der Waals surface area contributed by atoms with Crippen LogP contribution in [0.1, 0.15) is 22.5 Å². The Bertz CT molecular complexity index is 781. The van der Waals surface area contributed by atoms with Crippen molar-refractivity contribution >= 4 is 22.8 Å². The summed E-state index contributed by atoms with van der Waals surface area (Å²) in [5.41, 5.74) is 1.28. The summed E-state index contributed by atoms with van der Waals surface area (Å²) >= 11 is 0. The largest absolute Gasteiger partial charge is 0.493 e. The average Bonchev–Trinajstić information content (AvgIpc) is 2.91. The molecule has 1 amide bonds. The van der Waals surface area contributed by atoms with Crippen LogP contribution in [0.25, 0.3) is 11.0 Å². The van der Waals surface area contributed by atoms with Crippen LogP contribution in [0.5, 0.6) is 5.75 Å². The number of benzene rings is 1. The van der Waals surface area contributed by atoms with E-state index in [0.29, 0.717) is 24.5 Å². The van der Waals surface area contributed by atoms with Crippen molar-refractivity contribution in [1.29, 1.82) is 0 Å². The highest BCUT2D eigenvalue weighted by atomic mass is 16.5. The minimum Gasteiger partial charge on any atom is -0.493 e. The molecule has 0 unspecified atom stereocenters. The predicted octanol–water partition coefficient (Wildman–Crippen LogP) is 2.07. The summed E-state index contributed by atoms with van der Waals surface area (Å²) in [6.07, 6.45) is -0.629. The van der Waals surface area contributed by atoms with Gasteiger partial charge >= 0.3 is 5.97 Å². The summed E-state index contributed by atoms with van der Waals surface area (Å²) in [7, 11) is 1.55. The zero-order chi connectivity index (χ0) is 17.3. The monoisotopic (exact) mass is 333 g/mol. The lowest BCUT2D eigenvalue weighted by atomic mass is 10.1. The zero-order valence-electron chi connectivity index (χ0n) is 13.6. The smallest absolute Gasteiger partial charge is 0.306 e. The first-order valence-electron chi connectivity index (χ1n) is 7.70. The van der Waals surface area contributed by atoms with E-state index < -0.39 is 12.1 Å². The van der Waals surface area contributed by atoms with Gasteiger partial charge in [0.15, 0.2) is 17.1 Å². The normalized spacial score (nSPS) is 17.9. The van der Waals surface area contributed by atoms with Crippen molar-refractivity contribution < 1.29 is 28.6 Å². The van der Waals surface area contributed by atoms with Crippen molar-refractivity contribution in [3.8, 4) is 5.75 Å². The molecule has 0 saturated carbocycles. The Labute approximate surface area is 138 Å². The summed E-state index contributed by atoms with van der Waals surface area (Å²) in [6.45, 7) is 2.78. The summed E-state index contributed by atoms with van der Waals surface area (Å²) in [6, 6.07) is 5.49. The van der Waals surface area contributed by atoms with Crippen molar-refractivity contribution in [2.75, 3.05) is 26.8 Å². The fourth-order valence-electron chi connectivity index (χ4n) is 2.95. The molecule has 3 rings (SSSR count). The highest BCUT2D eigenvalue weighted by Gasteiger charge is 2.30. The van der Waals surface area contributed by atoms with E-state index in [4.69, 9.17) is 19.0 Å². The molecular weight excluding hydrogens is 314 g/mol. The molecule has 0 radical (unpaired) electrons. The minimum atomic E-state index is -0.945. The number of carboxylic acid groups (broad SMARTS) is 1. The van der Waals surface area contributed by atoms with Gasteiger partial charge < -0.3 is 23.9 Å². The second kappa shape index (κ2) is 6.52. The first-order chi connectivity index (χ1) is 11.5. The minimum absolute atomic E-state index is 0.128. The number of para-hydroxylation sites is 1. The van der Waals surface area contributed by atoms with Gasteiger partial charge in [0.2, 0.25) is 0 Å². The van der Waals surface area contributed by atoms with Gasteiger partial charge in [0, 0.05) is 24.0 Å². The topological polar surface area (TPSA) is 89.2 Å². The van der Waals surface area contributed by atoms with Crippen LogP contribution in [0.4, 0.5) is 0 Å². The Morgan fingerprint density at radius 3 is 2.92 bits per heavy atom. The first-order valence-corrected chi connectivity index (χ1v) is 7.70. The van der Waals surface area contributed by atoms with Crippen LogP contribution >= 0.6 is 0 Å². The van der Waals surface area contributed by atoms with Crippen molar-refractivity contribution in [1.82, 2.24) is 4.90 Å². The molecule has 128 valence electrons. The Kier molecular flexibility index (Phi) is 4.44. The van der Waals surface area contributed by atoms with Crippen molar-refractivity contribution in [2.45, 2.75) is 19.4 Å². The second-order valence-corrected chi connectivity index (χ2v) is 5.73. The molecule has 2 aromatic rings. The number of aliphatic carboxylic acids is 1. The van der Waals surface area contributed by atoms with Gasteiger partial charge in [0.1, 0.15) is 0 Å². The van der Waals surface area contributed by atoms with Gasteiger partial charge in [-0.15, -0.1) is 0 Å². The molecule has 1 atom stereocenters. The Morgan fingerprint density at radius 2 is 2.21 bits per heavy atom. The van der Waals surface area contributed by atoms with Gasteiger partial charge in [-0.05, 0) is 13.0 Å². The van der Waals surface area contributed by atoms with Crippen LogP contribution in [-0.4, -0.2) is 54.8 Å². The number of carboxylic acids is 1. The van der Waals surface area contributed by atoms with Gasteiger partial charge in [-0.25, -0.2) is 0 Å². The highest BCUT2D eigenvalue weighted by molar-refractivity contribution is 6.00. The molecule has 1 N–H and O–H groups in total. The molecule has 1 aromatic carbocycles. The number of aryl methyl sites for hydroxylation is 1. The number of methoxy groups -OCH3 is 1. The second-order valence-electron chi connectivity index (χ2n) is 5.73. The fourth-order valence-corrected chi connectivity index (χ4v) is 2.95. The number of nitrogens with zero attached hydrogens (tertiary/aromatic N) is 1. The summed E-state index contributed by atoms with van der Waals surface area (Å²) < 4.78 is 16.5. The van der Waals surface area contributed by atoms with Gasteiger partial charge in [-0.3, -0.25) is 9.59 Å². The maximum absolute atomic E-state index is 12.8. The maximum atomic E-state index is 12.8. The van der Waals surface area contributed by atoms with E-state index in [2.05, 4.69) is 0 Å². The van der Waals surface area contributed by atoms with Gasteiger partial charge in [-0.1, -0.05) is 12.1 Å². The SMILES string of the molecule is COc1cccc2c(C)c(C(=O)N3CCO[C@H](CC(=O)O)C3)oc12. The van der Waals surface area contributed by atoms with E-state index >= 15 is 0 Å². The molecule has 7 nitrogen and oxygen atoms in total. The zero-order valence-corrected chi connectivity index (χ0v) is 13.6. The van der Waals surface area contributed by atoms with E-state index in [0.717, 1.165) is 10.9 Å². The fraction of sp³-hybridized carbons (Fsp3) is 0.412. The summed E-state index contributed by atoms with van der Waals surface area (Å²) in [4.78, 5) is 25.2. The molecule has 2 heterocycles. The molecule has 1 saturated heterocycles. The Balaban J connectivity index is 1.88.